The van der Waals surface area contributed by atoms with Crippen molar-refractivity contribution >= 4 is 11.9 Å². The number of hydrogen-bond donors (Lipinski definition) is 1. The van der Waals surface area contributed by atoms with E-state index in [2.05, 4.69) is 49.8 Å². The number of carbonyl (C=O) groups is 1. The van der Waals surface area contributed by atoms with Crippen LogP contribution in [0.5, 0.6) is 0 Å². The Hall–Kier alpha value is -1.26. The SMILES string of the molecule is CCNC(=NCCCC(=O)OCC)N1CC(C)(C)C1(C)C. The van der Waals surface area contributed by atoms with Crippen molar-refractivity contribution in [3.05, 3.63) is 0 Å². The van der Waals surface area contributed by atoms with Gasteiger partial charge in [0.25, 0.3) is 0 Å². The molecule has 1 heterocycles. The quantitative estimate of drug-likeness (QED) is 0.354. The molecule has 1 rings (SSSR count). The summed E-state index contributed by atoms with van der Waals surface area (Å²) in [6, 6.07) is 0. The normalized spacial score (nSPS) is 19.9. The molecule has 5 heteroatoms. The van der Waals surface area contributed by atoms with Gasteiger partial charge < -0.3 is 15.0 Å². The number of nitrogens with one attached hydrogen (secondary N) is 1. The van der Waals surface area contributed by atoms with Crippen molar-refractivity contribution in [2.75, 3.05) is 26.2 Å². The number of esters is 1. The standard InChI is InChI=1S/C16H31N3O2/c1-7-17-14(18-11-9-10-13(20)21-8-2)19-12-15(3,4)16(19,5)6/h7-12H2,1-6H3,(H,17,18). The first-order chi connectivity index (χ1) is 9.76. The summed E-state index contributed by atoms with van der Waals surface area (Å²) in [6.07, 6.45) is 1.16. The van der Waals surface area contributed by atoms with Crippen LogP contribution in [0.4, 0.5) is 0 Å². The van der Waals surface area contributed by atoms with Gasteiger partial charge >= 0.3 is 5.97 Å². The zero-order valence-corrected chi connectivity index (χ0v) is 14.5. The highest BCUT2D eigenvalue weighted by Crippen LogP contribution is 2.46. The van der Waals surface area contributed by atoms with Crippen molar-refractivity contribution in [1.29, 1.82) is 0 Å². The fraction of sp³-hybridized carbons (Fsp3) is 0.875. The van der Waals surface area contributed by atoms with Crippen molar-refractivity contribution in [2.45, 2.75) is 59.9 Å². The zero-order chi connectivity index (χ0) is 16.1. The minimum atomic E-state index is -0.136. The van der Waals surface area contributed by atoms with Crippen LogP contribution in [-0.2, 0) is 9.53 Å². The van der Waals surface area contributed by atoms with Crippen molar-refractivity contribution in [3.8, 4) is 0 Å². The molecule has 1 saturated heterocycles. The molecule has 0 aromatic rings. The van der Waals surface area contributed by atoms with Crippen LogP contribution in [0, 0.1) is 5.41 Å². The molecule has 1 fully saturated rings. The van der Waals surface area contributed by atoms with Crippen LogP contribution >= 0.6 is 0 Å². The number of carbonyl (C=O) groups excluding carboxylic acids is 1. The molecular weight excluding hydrogens is 266 g/mol. The second-order valence-electron chi connectivity index (χ2n) is 6.67. The average molecular weight is 297 g/mol. The van der Waals surface area contributed by atoms with Crippen LogP contribution in [0.15, 0.2) is 4.99 Å². The second kappa shape index (κ2) is 7.14. The molecule has 0 aromatic carbocycles. The molecule has 0 spiro atoms. The van der Waals surface area contributed by atoms with E-state index in [4.69, 9.17) is 4.74 Å². The molecule has 1 aliphatic rings. The topological polar surface area (TPSA) is 53.9 Å². The van der Waals surface area contributed by atoms with Gasteiger partial charge in [-0.05, 0) is 34.1 Å². The number of hydrogen-bond acceptors (Lipinski definition) is 3. The summed E-state index contributed by atoms with van der Waals surface area (Å²) in [7, 11) is 0. The van der Waals surface area contributed by atoms with Gasteiger partial charge in [0.15, 0.2) is 5.96 Å². The van der Waals surface area contributed by atoms with Gasteiger partial charge in [-0.25, -0.2) is 0 Å². The molecule has 1 N–H and O–H groups in total. The summed E-state index contributed by atoms with van der Waals surface area (Å²) >= 11 is 0. The van der Waals surface area contributed by atoms with Gasteiger partial charge in [-0.2, -0.15) is 0 Å². The summed E-state index contributed by atoms with van der Waals surface area (Å²) in [5.41, 5.74) is 0.378. The third kappa shape index (κ3) is 4.11. The van der Waals surface area contributed by atoms with E-state index in [0.29, 0.717) is 19.6 Å². The Bertz CT molecular complexity index is 389. The molecule has 0 aromatic heterocycles. The van der Waals surface area contributed by atoms with E-state index < -0.39 is 0 Å². The fourth-order valence-electron chi connectivity index (χ4n) is 2.44. The number of guanidine groups is 1. The summed E-state index contributed by atoms with van der Waals surface area (Å²) in [5, 5.41) is 3.35. The summed E-state index contributed by atoms with van der Waals surface area (Å²) in [4.78, 5) is 18.3. The second-order valence-corrected chi connectivity index (χ2v) is 6.67. The molecule has 5 nitrogen and oxygen atoms in total. The Kier molecular flexibility index (Phi) is 6.05. The Morgan fingerprint density at radius 1 is 1.29 bits per heavy atom. The van der Waals surface area contributed by atoms with E-state index in [0.717, 1.165) is 25.5 Å². The van der Waals surface area contributed by atoms with Gasteiger partial charge in [0.2, 0.25) is 0 Å². The van der Waals surface area contributed by atoms with Crippen molar-refractivity contribution < 1.29 is 9.53 Å². The van der Waals surface area contributed by atoms with Crippen LogP contribution in [0.2, 0.25) is 0 Å². The van der Waals surface area contributed by atoms with Crippen molar-refractivity contribution in [1.82, 2.24) is 10.2 Å². The maximum Gasteiger partial charge on any atom is 0.305 e. The number of likely N-dealkylation sites (tertiary alicyclic amines) is 1. The smallest absolute Gasteiger partial charge is 0.305 e. The fourth-order valence-corrected chi connectivity index (χ4v) is 2.44. The van der Waals surface area contributed by atoms with Gasteiger partial charge in [0.05, 0.1) is 6.61 Å². The molecule has 0 amide bonds. The van der Waals surface area contributed by atoms with Gasteiger partial charge in [-0.1, -0.05) is 13.8 Å². The lowest BCUT2D eigenvalue weighted by atomic mass is 9.65. The molecule has 0 unspecified atom stereocenters. The third-order valence-corrected chi connectivity index (χ3v) is 4.58. The highest BCUT2D eigenvalue weighted by atomic mass is 16.5. The summed E-state index contributed by atoms with van der Waals surface area (Å²) in [5.74, 6) is 0.814. The van der Waals surface area contributed by atoms with Crippen LogP contribution in [0.25, 0.3) is 0 Å². The number of nitrogens with zero attached hydrogens (tertiary/aromatic N) is 2. The van der Waals surface area contributed by atoms with E-state index >= 15 is 0 Å². The highest BCUT2D eigenvalue weighted by molar-refractivity contribution is 5.82. The Balaban J connectivity index is 2.54. The molecular formula is C16H31N3O2. The largest absolute Gasteiger partial charge is 0.466 e. The Labute approximate surface area is 129 Å². The Morgan fingerprint density at radius 2 is 1.95 bits per heavy atom. The molecule has 0 atom stereocenters. The van der Waals surface area contributed by atoms with Crippen LogP contribution < -0.4 is 5.32 Å². The van der Waals surface area contributed by atoms with E-state index in [-0.39, 0.29) is 16.9 Å². The maximum atomic E-state index is 11.3. The average Bonchev–Trinajstić information content (AvgIpc) is 2.40. The first-order valence-electron chi connectivity index (χ1n) is 7.98. The zero-order valence-electron chi connectivity index (χ0n) is 14.5. The van der Waals surface area contributed by atoms with Crippen LogP contribution in [0.1, 0.15) is 54.4 Å². The van der Waals surface area contributed by atoms with E-state index in [1.54, 1.807) is 0 Å². The number of aliphatic imine (C=N–C) groups is 1. The van der Waals surface area contributed by atoms with E-state index in [1.165, 1.54) is 0 Å². The third-order valence-electron chi connectivity index (χ3n) is 4.58. The monoisotopic (exact) mass is 297 g/mol. The van der Waals surface area contributed by atoms with Crippen LogP contribution in [0.3, 0.4) is 0 Å². The van der Waals surface area contributed by atoms with Gasteiger partial charge in [0.1, 0.15) is 0 Å². The molecule has 0 radical (unpaired) electrons. The van der Waals surface area contributed by atoms with E-state index in [9.17, 15) is 4.79 Å². The van der Waals surface area contributed by atoms with Gasteiger partial charge in [0, 0.05) is 37.0 Å². The van der Waals surface area contributed by atoms with Crippen molar-refractivity contribution in [2.24, 2.45) is 10.4 Å². The number of rotatable bonds is 6. The predicted molar refractivity (Wildman–Crippen MR) is 86.4 cm³/mol. The molecule has 0 saturated carbocycles. The lowest BCUT2D eigenvalue weighted by molar-refractivity contribution is -0.143. The molecule has 0 bridgehead atoms. The summed E-state index contributed by atoms with van der Waals surface area (Å²) < 4.78 is 4.92. The van der Waals surface area contributed by atoms with Crippen LogP contribution in [-0.4, -0.2) is 48.6 Å². The first-order valence-corrected chi connectivity index (χ1v) is 7.98. The molecule has 0 aliphatic carbocycles. The minimum Gasteiger partial charge on any atom is -0.466 e. The maximum absolute atomic E-state index is 11.3. The minimum absolute atomic E-state index is 0.0924. The Morgan fingerprint density at radius 3 is 2.43 bits per heavy atom. The molecule has 21 heavy (non-hydrogen) atoms. The van der Waals surface area contributed by atoms with E-state index in [1.807, 2.05) is 6.92 Å². The van der Waals surface area contributed by atoms with Gasteiger partial charge in [-0.3, -0.25) is 9.79 Å². The predicted octanol–water partition coefficient (Wildman–Crippen LogP) is 2.42. The number of ether oxygens (including phenoxy) is 1. The lowest BCUT2D eigenvalue weighted by Gasteiger charge is -2.62. The van der Waals surface area contributed by atoms with Gasteiger partial charge in [-0.15, -0.1) is 0 Å². The molecule has 122 valence electrons. The lowest BCUT2D eigenvalue weighted by Crippen LogP contribution is -2.72. The summed E-state index contributed by atoms with van der Waals surface area (Å²) in [6.45, 7) is 15.9. The highest BCUT2D eigenvalue weighted by Gasteiger charge is 2.53. The molecule has 1 aliphatic heterocycles. The first kappa shape index (κ1) is 17.8. The van der Waals surface area contributed by atoms with Crippen molar-refractivity contribution in [3.63, 3.8) is 0 Å².